The van der Waals surface area contributed by atoms with Crippen molar-refractivity contribution in [3.8, 4) is 0 Å². The van der Waals surface area contributed by atoms with Gasteiger partial charge in [-0.05, 0) is 25.9 Å². The third-order valence-corrected chi connectivity index (χ3v) is 6.83. The van der Waals surface area contributed by atoms with Gasteiger partial charge in [-0.15, -0.1) is 0 Å². The van der Waals surface area contributed by atoms with Crippen molar-refractivity contribution < 1.29 is 17.7 Å². The minimum absolute atomic E-state index is 0.777. The number of hydrogen-bond donors (Lipinski definition) is 0. The Balaban J connectivity index is 3.46. The molecule has 0 radical (unpaired) electrons. The van der Waals surface area contributed by atoms with Crippen molar-refractivity contribution in [2.75, 3.05) is 27.4 Å². The van der Waals surface area contributed by atoms with Gasteiger partial charge in [-0.25, -0.2) is 0 Å². The summed E-state index contributed by atoms with van der Waals surface area (Å²) in [5, 5.41) is 0. The summed E-state index contributed by atoms with van der Waals surface area (Å²) in [6.45, 7) is 5.62. The summed E-state index contributed by atoms with van der Waals surface area (Å²) in [5.41, 5.74) is 0. The molecule has 0 saturated heterocycles. The van der Waals surface area contributed by atoms with Crippen molar-refractivity contribution in [1.29, 1.82) is 0 Å². The molecule has 0 bridgehead atoms. The molecule has 0 aromatic carbocycles. The normalized spacial score (nSPS) is 11.6. The van der Waals surface area contributed by atoms with Crippen LogP contribution in [-0.2, 0) is 17.7 Å². The first-order valence-electron chi connectivity index (χ1n) is 6.57. The van der Waals surface area contributed by atoms with Gasteiger partial charge in [0, 0.05) is 27.4 Å². The van der Waals surface area contributed by atoms with Gasteiger partial charge in [0.2, 0.25) is 0 Å². The molecule has 0 heterocycles. The summed E-state index contributed by atoms with van der Waals surface area (Å²) in [7, 11) is 0.783. The molecule has 6 heteroatoms. The van der Waals surface area contributed by atoms with Crippen LogP contribution in [0.4, 0.5) is 0 Å². The molecule has 0 aliphatic heterocycles. The molecule has 0 spiro atoms. The molecule has 0 N–H and O–H groups in total. The summed E-state index contributed by atoms with van der Waals surface area (Å²) < 4.78 is 21.8. The monoisotopic (exact) mass is 280 g/mol. The highest BCUT2D eigenvalue weighted by Crippen LogP contribution is 2.10. The average molecular weight is 281 g/mol. The third-order valence-electron chi connectivity index (χ3n) is 2.61. The Bertz CT molecular complexity index is 150. The predicted molar refractivity (Wildman–Crippen MR) is 75.0 cm³/mol. The molecule has 0 aromatic heterocycles. The van der Waals surface area contributed by atoms with E-state index in [1.54, 1.807) is 14.2 Å². The molecule has 0 aliphatic carbocycles. The SMILES string of the molecule is CCO[SiH](CCCCC[SiH](OC)OC)OCC. The van der Waals surface area contributed by atoms with Crippen LogP contribution in [0.1, 0.15) is 33.1 Å². The molecule has 0 aromatic rings. The summed E-state index contributed by atoms with van der Waals surface area (Å²) >= 11 is 0. The molecule has 0 atom stereocenters. The van der Waals surface area contributed by atoms with E-state index >= 15 is 0 Å². The maximum atomic E-state index is 5.63. The number of rotatable bonds is 12. The number of hydrogen-bond acceptors (Lipinski definition) is 4. The molecule has 17 heavy (non-hydrogen) atoms. The first kappa shape index (κ1) is 17.3. The Kier molecular flexibility index (Phi) is 12.9. The Hall–Kier alpha value is 0.274. The molecule has 0 rings (SSSR count). The standard InChI is InChI=1S/C11H28O4Si2/c1-5-14-17(15-6-2)11-9-7-8-10-16(12-3)13-4/h16-17H,5-11H2,1-4H3. The quantitative estimate of drug-likeness (QED) is 0.404. The highest BCUT2D eigenvalue weighted by molar-refractivity contribution is 6.44. The lowest BCUT2D eigenvalue weighted by molar-refractivity contribution is 0.212. The van der Waals surface area contributed by atoms with Gasteiger partial charge in [-0.2, -0.15) is 0 Å². The molecule has 4 nitrogen and oxygen atoms in total. The minimum Gasteiger partial charge on any atom is -0.400 e. The Morgan fingerprint density at radius 3 is 1.59 bits per heavy atom. The van der Waals surface area contributed by atoms with Crippen LogP contribution in [0.2, 0.25) is 12.1 Å². The van der Waals surface area contributed by atoms with Crippen LogP contribution in [0.15, 0.2) is 0 Å². The van der Waals surface area contributed by atoms with Crippen molar-refractivity contribution >= 4 is 18.6 Å². The van der Waals surface area contributed by atoms with Crippen LogP contribution < -0.4 is 0 Å². The van der Waals surface area contributed by atoms with Crippen LogP contribution in [0.3, 0.4) is 0 Å². The van der Waals surface area contributed by atoms with Crippen molar-refractivity contribution in [3.05, 3.63) is 0 Å². The largest absolute Gasteiger partial charge is 0.400 e. The van der Waals surface area contributed by atoms with Crippen LogP contribution in [0.5, 0.6) is 0 Å². The van der Waals surface area contributed by atoms with Crippen LogP contribution in [0.25, 0.3) is 0 Å². The number of unbranched alkanes of at least 4 members (excludes halogenated alkanes) is 2. The van der Waals surface area contributed by atoms with E-state index in [4.69, 9.17) is 17.7 Å². The van der Waals surface area contributed by atoms with Gasteiger partial charge in [0.25, 0.3) is 0 Å². The molecular formula is C11H28O4Si2. The van der Waals surface area contributed by atoms with Gasteiger partial charge in [0.1, 0.15) is 0 Å². The smallest absolute Gasteiger partial charge is 0.321 e. The highest BCUT2D eigenvalue weighted by Gasteiger charge is 2.12. The second-order valence-electron chi connectivity index (χ2n) is 3.88. The van der Waals surface area contributed by atoms with Gasteiger partial charge < -0.3 is 17.7 Å². The molecule has 0 saturated carbocycles. The predicted octanol–water partition coefficient (Wildman–Crippen LogP) is 1.96. The summed E-state index contributed by atoms with van der Waals surface area (Å²) in [5.74, 6) is 0. The zero-order valence-electron chi connectivity index (χ0n) is 11.7. The first-order valence-corrected chi connectivity index (χ1v) is 10.1. The van der Waals surface area contributed by atoms with E-state index in [0.29, 0.717) is 0 Å². The van der Waals surface area contributed by atoms with E-state index < -0.39 is 18.6 Å². The van der Waals surface area contributed by atoms with Crippen molar-refractivity contribution in [1.82, 2.24) is 0 Å². The van der Waals surface area contributed by atoms with E-state index in [1.165, 1.54) is 19.3 Å². The molecule has 0 amide bonds. The molecular weight excluding hydrogens is 252 g/mol. The lowest BCUT2D eigenvalue weighted by Crippen LogP contribution is -2.22. The fraction of sp³-hybridized carbons (Fsp3) is 1.00. The third kappa shape index (κ3) is 9.93. The zero-order valence-corrected chi connectivity index (χ0v) is 14.0. The zero-order chi connectivity index (χ0) is 12.9. The molecule has 104 valence electrons. The van der Waals surface area contributed by atoms with Gasteiger partial charge >= 0.3 is 18.6 Å². The van der Waals surface area contributed by atoms with E-state index in [1.807, 2.05) is 13.8 Å². The molecule has 0 aliphatic rings. The molecule has 0 unspecified atom stereocenters. The second kappa shape index (κ2) is 12.7. The van der Waals surface area contributed by atoms with Gasteiger partial charge in [-0.1, -0.05) is 19.3 Å². The van der Waals surface area contributed by atoms with E-state index in [2.05, 4.69) is 0 Å². The topological polar surface area (TPSA) is 36.9 Å². The minimum atomic E-state index is -1.37. The maximum Gasteiger partial charge on any atom is 0.321 e. The van der Waals surface area contributed by atoms with E-state index in [-0.39, 0.29) is 0 Å². The summed E-state index contributed by atoms with van der Waals surface area (Å²) in [4.78, 5) is 0. The summed E-state index contributed by atoms with van der Waals surface area (Å²) in [6, 6.07) is 2.22. The van der Waals surface area contributed by atoms with E-state index in [0.717, 1.165) is 25.3 Å². The lowest BCUT2D eigenvalue weighted by Gasteiger charge is -2.14. The average Bonchev–Trinajstić information content (AvgIpc) is 2.34. The van der Waals surface area contributed by atoms with Gasteiger partial charge in [-0.3, -0.25) is 0 Å². The van der Waals surface area contributed by atoms with Gasteiger partial charge in [0.15, 0.2) is 0 Å². The van der Waals surface area contributed by atoms with Crippen LogP contribution in [-0.4, -0.2) is 46.0 Å². The lowest BCUT2D eigenvalue weighted by atomic mass is 10.3. The first-order chi connectivity index (χ1) is 8.28. The fourth-order valence-electron chi connectivity index (χ4n) is 1.72. The van der Waals surface area contributed by atoms with E-state index in [9.17, 15) is 0 Å². The van der Waals surface area contributed by atoms with Crippen molar-refractivity contribution in [2.24, 2.45) is 0 Å². The maximum absolute atomic E-state index is 5.63. The van der Waals surface area contributed by atoms with Crippen molar-refractivity contribution in [3.63, 3.8) is 0 Å². The Morgan fingerprint density at radius 1 is 0.706 bits per heavy atom. The Morgan fingerprint density at radius 2 is 1.18 bits per heavy atom. The fourth-order valence-corrected chi connectivity index (χ4v) is 4.80. The molecule has 0 fully saturated rings. The van der Waals surface area contributed by atoms with Crippen LogP contribution in [0, 0.1) is 0 Å². The van der Waals surface area contributed by atoms with Crippen LogP contribution >= 0.6 is 0 Å². The highest BCUT2D eigenvalue weighted by atomic mass is 28.3. The van der Waals surface area contributed by atoms with Crippen molar-refractivity contribution in [2.45, 2.75) is 45.2 Å². The summed E-state index contributed by atoms with van der Waals surface area (Å²) in [6.07, 6.45) is 3.61. The Labute approximate surface area is 109 Å². The second-order valence-corrected chi connectivity index (χ2v) is 8.36. The van der Waals surface area contributed by atoms with Gasteiger partial charge in [0.05, 0.1) is 0 Å².